The number of hydrogen-bond acceptors (Lipinski definition) is 2. The van der Waals surface area contributed by atoms with Gasteiger partial charge in [-0.15, -0.1) is 0 Å². The normalized spacial score (nSPS) is 20.9. The fourth-order valence-electron chi connectivity index (χ4n) is 4.57. The van der Waals surface area contributed by atoms with Gasteiger partial charge in [-0.05, 0) is 67.7 Å². The molecule has 1 atom stereocenters. The smallest absolute Gasteiger partial charge is 0.358 e. The van der Waals surface area contributed by atoms with E-state index in [1.807, 2.05) is 43.3 Å². The number of alkyl halides is 2. The monoisotopic (exact) mass is 420 g/mol. The van der Waals surface area contributed by atoms with Crippen LogP contribution < -0.4 is 0 Å². The van der Waals surface area contributed by atoms with Gasteiger partial charge in [-0.2, -0.15) is 8.78 Å². The number of halogens is 3. The van der Waals surface area contributed by atoms with E-state index in [9.17, 15) is 8.78 Å². The first-order valence-electron chi connectivity index (χ1n) is 10.6. The van der Waals surface area contributed by atoms with Gasteiger partial charge < -0.3 is 9.47 Å². The van der Waals surface area contributed by atoms with Gasteiger partial charge in [0.1, 0.15) is 5.82 Å². The Kier molecular flexibility index (Phi) is 7.59. The molecule has 0 amide bonds. The average Bonchev–Trinajstić information content (AvgIpc) is 2.74. The molecule has 164 valence electrons. The van der Waals surface area contributed by atoms with Crippen molar-refractivity contribution in [3.8, 4) is 11.1 Å². The number of ether oxygens (including phenoxy) is 2. The Morgan fingerprint density at radius 3 is 2.17 bits per heavy atom. The summed E-state index contributed by atoms with van der Waals surface area (Å²) < 4.78 is 52.3. The van der Waals surface area contributed by atoms with Gasteiger partial charge in [0.15, 0.2) is 0 Å². The summed E-state index contributed by atoms with van der Waals surface area (Å²) in [5, 5.41) is 0. The van der Waals surface area contributed by atoms with E-state index in [2.05, 4.69) is 4.74 Å². The lowest BCUT2D eigenvalue weighted by Crippen LogP contribution is -2.33. The topological polar surface area (TPSA) is 18.5 Å². The molecule has 3 rings (SSSR count). The quantitative estimate of drug-likeness (QED) is 0.459. The summed E-state index contributed by atoms with van der Waals surface area (Å²) in [5.74, 6) is -0.781. The average molecular weight is 421 g/mol. The first-order chi connectivity index (χ1) is 14.3. The van der Waals surface area contributed by atoms with Crippen molar-refractivity contribution in [2.24, 2.45) is 11.8 Å². The van der Waals surface area contributed by atoms with E-state index in [1.165, 1.54) is 0 Å². The Morgan fingerprint density at radius 1 is 0.967 bits per heavy atom. The molecule has 1 unspecified atom stereocenters. The Morgan fingerprint density at radius 2 is 1.60 bits per heavy atom. The van der Waals surface area contributed by atoms with Gasteiger partial charge in [0.05, 0.1) is 12.5 Å². The van der Waals surface area contributed by atoms with E-state index < -0.39 is 12.0 Å². The van der Waals surface area contributed by atoms with Crippen LogP contribution in [0.2, 0.25) is 0 Å². The van der Waals surface area contributed by atoms with Crippen LogP contribution in [0.4, 0.5) is 13.2 Å². The molecule has 0 spiro atoms. The van der Waals surface area contributed by atoms with Crippen molar-refractivity contribution in [2.45, 2.75) is 51.1 Å². The van der Waals surface area contributed by atoms with E-state index in [4.69, 9.17) is 4.74 Å². The van der Waals surface area contributed by atoms with Gasteiger partial charge in [0.2, 0.25) is 0 Å². The van der Waals surface area contributed by atoms with Crippen LogP contribution in [0.3, 0.4) is 0 Å². The summed E-state index contributed by atoms with van der Waals surface area (Å²) in [7, 11) is 2.67. The number of hydrogen-bond donors (Lipinski definition) is 0. The van der Waals surface area contributed by atoms with Crippen LogP contribution in [0.25, 0.3) is 11.1 Å². The molecule has 0 N–H and O–H groups in total. The fraction of sp³-hybridized carbons (Fsp3) is 0.520. The lowest BCUT2D eigenvalue weighted by atomic mass is 9.76. The SMILES string of the molecule is COCC(CC1CCC(C(F)(F)OC)CC1)c1ccc(-c2ccc(C)cc2)cc1F. The predicted octanol–water partition coefficient (Wildman–Crippen LogP) is 6.97. The van der Waals surface area contributed by atoms with E-state index in [0.717, 1.165) is 30.2 Å². The summed E-state index contributed by atoms with van der Waals surface area (Å²) in [6.45, 7) is 2.43. The van der Waals surface area contributed by atoms with Crippen molar-refractivity contribution in [3.05, 3.63) is 59.4 Å². The van der Waals surface area contributed by atoms with Gasteiger partial charge in [0, 0.05) is 20.1 Å². The molecular weight excluding hydrogens is 389 g/mol. The van der Waals surface area contributed by atoms with Crippen LogP contribution >= 0.6 is 0 Å². The molecule has 0 aliphatic heterocycles. The molecular formula is C25H31F3O2. The van der Waals surface area contributed by atoms with Crippen LogP contribution in [0, 0.1) is 24.6 Å². The second-order valence-electron chi connectivity index (χ2n) is 8.47. The van der Waals surface area contributed by atoms with Crippen LogP contribution in [0.1, 0.15) is 49.1 Å². The van der Waals surface area contributed by atoms with Gasteiger partial charge in [-0.1, -0.05) is 42.0 Å². The Balaban J connectivity index is 1.70. The number of rotatable bonds is 8. The van der Waals surface area contributed by atoms with E-state index in [0.29, 0.717) is 37.9 Å². The maximum atomic E-state index is 15.0. The minimum atomic E-state index is -3.06. The zero-order valence-corrected chi connectivity index (χ0v) is 18.0. The Labute approximate surface area is 177 Å². The largest absolute Gasteiger partial charge is 0.384 e. The molecule has 0 heterocycles. The molecule has 2 aromatic carbocycles. The Bertz CT molecular complexity index is 812. The summed E-state index contributed by atoms with van der Waals surface area (Å²) in [6, 6.07) is 13.4. The lowest BCUT2D eigenvalue weighted by Gasteiger charge is -2.34. The molecule has 2 aromatic rings. The minimum Gasteiger partial charge on any atom is -0.384 e. The highest BCUT2D eigenvalue weighted by Gasteiger charge is 2.41. The van der Waals surface area contributed by atoms with E-state index >= 15 is 4.39 Å². The predicted molar refractivity (Wildman–Crippen MR) is 113 cm³/mol. The van der Waals surface area contributed by atoms with Crippen molar-refractivity contribution < 1.29 is 22.6 Å². The molecule has 1 fully saturated rings. The maximum absolute atomic E-state index is 15.0. The van der Waals surface area contributed by atoms with E-state index in [1.54, 1.807) is 13.2 Å². The zero-order chi connectivity index (χ0) is 21.7. The number of benzene rings is 2. The van der Waals surface area contributed by atoms with Crippen molar-refractivity contribution in [2.75, 3.05) is 20.8 Å². The van der Waals surface area contributed by atoms with Crippen LogP contribution in [0.15, 0.2) is 42.5 Å². The minimum absolute atomic E-state index is 0.0912. The zero-order valence-electron chi connectivity index (χ0n) is 18.0. The highest BCUT2D eigenvalue weighted by molar-refractivity contribution is 5.64. The molecule has 0 bridgehead atoms. The van der Waals surface area contributed by atoms with Crippen molar-refractivity contribution >= 4 is 0 Å². The van der Waals surface area contributed by atoms with Crippen molar-refractivity contribution in [1.29, 1.82) is 0 Å². The molecule has 0 radical (unpaired) electrons. The van der Waals surface area contributed by atoms with E-state index in [-0.39, 0.29) is 17.7 Å². The second-order valence-corrected chi connectivity index (χ2v) is 8.47. The standard InChI is InChI=1S/C25H31F3O2/c1-17-4-8-19(9-5-17)20-10-13-23(24(26)15-20)21(16-29-2)14-18-6-11-22(12-7-18)25(27,28)30-3/h4-5,8-10,13,15,18,21-22H,6-7,11-12,14,16H2,1-3H3. The molecule has 0 aromatic heterocycles. The maximum Gasteiger partial charge on any atom is 0.358 e. The summed E-state index contributed by atoms with van der Waals surface area (Å²) in [4.78, 5) is 0. The third-order valence-electron chi connectivity index (χ3n) is 6.41. The Hall–Kier alpha value is -1.85. The molecule has 0 saturated heterocycles. The van der Waals surface area contributed by atoms with Crippen LogP contribution in [0.5, 0.6) is 0 Å². The molecule has 2 nitrogen and oxygen atoms in total. The lowest BCUT2D eigenvalue weighted by molar-refractivity contribution is -0.263. The highest BCUT2D eigenvalue weighted by Crippen LogP contribution is 2.42. The van der Waals surface area contributed by atoms with Crippen LogP contribution in [-0.2, 0) is 9.47 Å². The molecule has 1 saturated carbocycles. The first kappa shape index (κ1) is 22.8. The molecule has 1 aliphatic carbocycles. The molecule has 5 heteroatoms. The number of aryl methyl sites for hydroxylation is 1. The third kappa shape index (κ3) is 5.44. The fourth-order valence-corrected chi connectivity index (χ4v) is 4.57. The van der Waals surface area contributed by atoms with Crippen molar-refractivity contribution in [3.63, 3.8) is 0 Å². The third-order valence-corrected chi connectivity index (χ3v) is 6.41. The summed E-state index contributed by atoms with van der Waals surface area (Å²) in [5.41, 5.74) is 3.62. The van der Waals surface area contributed by atoms with Crippen molar-refractivity contribution in [1.82, 2.24) is 0 Å². The summed E-state index contributed by atoms with van der Waals surface area (Å²) >= 11 is 0. The van der Waals surface area contributed by atoms with Gasteiger partial charge in [-0.25, -0.2) is 4.39 Å². The van der Waals surface area contributed by atoms with Gasteiger partial charge >= 0.3 is 6.11 Å². The van der Waals surface area contributed by atoms with Gasteiger partial charge in [-0.3, -0.25) is 0 Å². The second kappa shape index (κ2) is 9.97. The van der Waals surface area contributed by atoms with Gasteiger partial charge in [0.25, 0.3) is 0 Å². The molecule has 1 aliphatic rings. The molecule has 30 heavy (non-hydrogen) atoms. The summed E-state index contributed by atoms with van der Waals surface area (Å²) in [6.07, 6.45) is -0.0609. The van der Waals surface area contributed by atoms with Crippen LogP contribution in [-0.4, -0.2) is 26.9 Å². The first-order valence-corrected chi connectivity index (χ1v) is 10.6. The highest BCUT2D eigenvalue weighted by atomic mass is 19.3. The number of methoxy groups -OCH3 is 2.